The van der Waals surface area contributed by atoms with Crippen LogP contribution in [0.5, 0.6) is 0 Å². The van der Waals surface area contributed by atoms with Gasteiger partial charge in [-0.2, -0.15) is 0 Å². The maximum absolute atomic E-state index is 2.53. The van der Waals surface area contributed by atoms with Crippen LogP contribution in [0.15, 0.2) is 0 Å². The lowest BCUT2D eigenvalue weighted by Crippen LogP contribution is -2.25. The molecule has 0 spiro atoms. The lowest BCUT2D eigenvalue weighted by atomic mass is 10.6. The first kappa shape index (κ1) is 8.43. The van der Waals surface area contributed by atoms with Gasteiger partial charge in [-0.15, -0.1) is 0 Å². The van der Waals surface area contributed by atoms with Crippen LogP contribution in [0.3, 0.4) is 0 Å². The minimum atomic E-state index is -0.143. The van der Waals surface area contributed by atoms with Crippen LogP contribution in [-0.2, 0) is 0 Å². The highest BCUT2D eigenvalue weighted by Gasteiger charge is 2.06. The van der Waals surface area contributed by atoms with Crippen LogP contribution in [0, 0.1) is 0 Å². The molecule has 0 amide bonds. The Labute approximate surface area is 56.3 Å². The molecule has 0 rings (SSSR count). The number of hydrogen-bond donors (Lipinski definition) is 0. The molecule has 50 valence electrons. The molecule has 0 fully saturated rings. The van der Waals surface area contributed by atoms with Crippen molar-refractivity contribution < 1.29 is 0 Å². The van der Waals surface area contributed by atoms with Crippen LogP contribution >= 0.6 is 0 Å². The van der Waals surface area contributed by atoms with Gasteiger partial charge in [0.25, 0.3) is 0 Å². The molecule has 0 heterocycles. The van der Waals surface area contributed by atoms with Gasteiger partial charge in [0, 0.05) is 16.6 Å². The number of hydrogen-bond acceptors (Lipinski definition) is 0. The van der Waals surface area contributed by atoms with Crippen molar-refractivity contribution in [3.8, 4) is 0 Å². The zero-order valence-electron chi connectivity index (χ0n) is 6.57. The molecule has 1 atom stereocenters. The van der Waals surface area contributed by atoms with E-state index in [-0.39, 0.29) is 16.6 Å². The van der Waals surface area contributed by atoms with Gasteiger partial charge in [-0.1, -0.05) is 39.0 Å². The summed E-state index contributed by atoms with van der Waals surface area (Å²) in [5.74, 6) is 0. The molecule has 0 radical (unpaired) electrons. The Morgan fingerprint density at radius 2 is 1.62 bits per heavy atom. The molecule has 0 nitrogen and oxygen atoms in total. The van der Waals surface area contributed by atoms with Gasteiger partial charge < -0.3 is 0 Å². The zero-order chi connectivity index (χ0) is 6.57. The molecule has 2 heteroatoms. The Bertz CT molecular complexity index is 52.5. The largest absolute Gasteiger partial charge is 0.0743 e. The van der Waals surface area contributed by atoms with Crippen molar-refractivity contribution in [2.75, 3.05) is 0 Å². The Balaban J connectivity index is 3.17. The van der Waals surface area contributed by atoms with Gasteiger partial charge in [-0.3, -0.25) is 0 Å². The van der Waals surface area contributed by atoms with Crippen LogP contribution < -0.4 is 0 Å². The van der Waals surface area contributed by atoms with Gasteiger partial charge in [0.2, 0.25) is 0 Å². The second-order valence-electron chi connectivity index (χ2n) is 3.01. The maximum Gasteiger partial charge on any atom is 0.0244 e. The molecule has 0 N–H and O–H groups in total. The van der Waals surface area contributed by atoms with Crippen LogP contribution in [0.2, 0.25) is 25.7 Å². The van der Waals surface area contributed by atoms with Crippen molar-refractivity contribution in [3.63, 3.8) is 0 Å². The Kier molecular flexibility index (Phi) is 4.56. The third kappa shape index (κ3) is 3.44. The zero-order valence-corrected chi connectivity index (χ0v) is 8.88. The standard InChI is InChI=1S/C6H18Si2/c1-5-6-8(4)7(2)3/h7-8H,5-6H2,1-4H3. The summed E-state index contributed by atoms with van der Waals surface area (Å²) in [6.45, 7) is 9.82. The van der Waals surface area contributed by atoms with Gasteiger partial charge in [-0.05, 0) is 0 Å². The highest BCUT2D eigenvalue weighted by Crippen LogP contribution is 1.99. The summed E-state index contributed by atoms with van der Waals surface area (Å²) in [5.41, 5.74) is 0. The topological polar surface area (TPSA) is 0 Å². The highest BCUT2D eigenvalue weighted by atomic mass is 29.2. The van der Waals surface area contributed by atoms with E-state index in [4.69, 9.17) is 0 Å². The predicted molar refractivity (Wildman–Crippen MR) is 47.0 cm³/mol. The van der Waals surface area contributed by atoms with Crippen molar-refractivity contribution >= 4 is 16.6 Å². The average molecular weight is 146 g/mol. The molecule has 0 aliphatic heterocycles. The van der Waals surface area contributed by atoms with Gasteiger partial charge >= 0.3 is 0 Å². The Morgan fingerprint density at radius 1 is 1.12 bits per heavy atom. The highest BCUT2D eigenvalue weighted by molar-refractivity contribution is 7.20. The van der Waals surface area contributed by atoms with E-state index < -0.39 is 0 Å². The normalized spacial score (nSPS) is 14.6. The molecule has 1 unspecified atom stereocenters. The van der Waals surface area contributed by atoms with Gasteiger partial charge in [0.1, 0.15) is 0 Å². The lowest BCUT2D eigenvalue weighted by Gasteiger charge is -2.09. The van der Waals surface area contributed by atoms with Crippen LogP contribution in [-0.4, -0.2) is 16.6 Å². The summed E-state index contributed by atoms with van der Waals surface area (Å²) in [6, 6.07) is 1.59. The first-order chi connectivity index (χ1) is 3.68. The van der Waals surface area contributed by atoms with E-state index in [1.807, 2.05) is 0 Å². The smallest absolute Gasteiger partial charge is 0.0244 e. The van der Waals surface area contributed by atoms with E-state index >= 15 is 0 Å². The van der Waals surface area contributed by atoms with Crippen LogP contribution in [0.1, 0.15) is 13.3 Å². The predicted octanol–water partition coefficient (Wildman–Crippen LogP) is 1.82. The van der Waals surface area contributed by atoms with Crippen molar-refractivity contribution in [2.45, 2.75) is 39.0 Å². The second kappa shape index (κ2) is 4.33. The van der Waals surface area contributed by atoms with Gasteiger partial charge in [-0.25, -0.2) is 0 Å². The van der Waals surface area contributed by atoms with Crippen LogP contribution in [0.25, 0.3) is 0 Å². The van der Waals surface area contributed by atoms with E-state index in [1.54, 1.807) is 6.04 Å². The minimum absolute atomic E-state index is 0.137. The molecular formula is C6H18Si2. The maximum atomic E-state index is 2.53. The summed E-state index contributed by atoms with van der Waals surface area (Å²) < 4.78 is 0. The summed E-state index contributed by atoms with van der Waals surface area (Å²) in [4.78, 5) is 0. The van der Waals surface area contributed by atoms with Crippen molar-refractivity contribution in [1.29, 1.82) is 0 Å². The summed E-state index contributed by atoms with van der Waals surface area (Å²) >= 11 is 0. The van der Waals surface area contributed by atoms with Crippen LogP contribution in [0.4, 0.5) is 0 Å². The quantitative estimate of drug-likeness (QED) is 0.533. The monoisotopic (exact) mass is 146 g/mol. The average Bonchev–Trinajstić information content (AvgIpc) is 1.67. The van der Waals surface area contributed by atoms with Crippen molar-refractivity contribution in [1.82, 2.24) is 0 Å². The lowest BCUT2D eigenvalue weighted by molar-refractivity contribution is 1.07. The summed E-state index contributed by atoms with van der Waals surface area (Å²) in [5, 5.41) is 0. The third-order valence-electron chi connectivity index (χ3n) is 1.88. The van der Waals surface area contributed by atoms with Gasteiger partial charge in [0.15, 0.2) is 0 Å². The van der Waals surface area contributed by atoms with E-state index in [1.165, 1.54) is 6.42 Å². The molecule has 0 aliphatic rings. The van der Waals surface area contributed by atoms with E-state index in [9.17, 15) is 0 Å². The molecule has 0 saturated carbocycles. The Hall–Kier alpha value is 0.434. The molecule has 0 aromatic carbocycles. The minimum Gasteiger partial charge on any atom is -0.0743 e. The first-order valence-electron chi connectivity index (χ1n) is 3.68. The first-order valence-corrected chi connectivity index (χ1v) is 10.6. The second-order valence-corrected chi connectivity index (χ2v) is 15.4. The molecule has 0 aliphatic carbocycles. The molecule has 0 bridgehead atoms. The Morgan fingerprint density at radius 3 is 1.75 bits per heavy atom. The molecule has 8 heavy (non-hydrogen) atoms. The molecular weight excluding hydrogens is 128 g/mol. The molecule has 0 aromatic heterocycles. The van der Waals surface area contributed by atoms with E-state index in [0.29, 0.717) is 0 Å². The number of rotatable bonds is 3. The van der Waals surface area contributed by atoms with Crippen molar-refractivity contribution in [3.05, 3.63) is 0 Å². The molecule has 0 saturated heterocycles. The van der Waals surface area contributed by atoms with Crippen molar-refractivity contribution in [2.24, 2.45) is 0 Å². The van der Waals surface area contributed by atoms with Gasteiger partial charge in [0.05, 0.1) is 0 Å². The van der Waals surface area contributed by atoms with E-state index in [0.717, 1.165) is 0 Å². The fraction of sp³-hybridized carbons (Fsp3) is 1.00. The SMILES string of the molecule is CCC[SiH](C)[SiH](C)C. The molecule has 0 aromatic rings. The third-order valence-corrected chi connectivity index (χ3v) is 13.5. The van der Waals surface area contributed by atoms with E-state index in [2.05, 4.69) is 26.6 Å². The fourth-order valence-electron chi connectivity index (χ4n) is 0.789. The fourth-order valence-corrected chi connectivity index (χ4v) is 5.37. The summed E-state index contributed by atoms with van der Waals surface area (Å²) in [6.07, 6.45) is 1.43. The summed E-state index contributed by atoms with van der Waals surface area (Å²) in [7, 11) is -0.280.